The van der Waals surface area contributed by atoms with Gasteiger partial charge in [-0.25, -0.2) is 4.79 Å². The zero-order chi connectivity index (χ0) is 36.1. The summed E-state index contributed by atoms with van der Waals surface area (Å²) in [6.45, 7) is 2.28. The van der Waals surface area contributed by atoms with E-state index in [1.165, 1.54) is 6.08 Å². The summed E-state index contributed by atoms with van der Waals surface area (Å²) in [5.74, 6) is -2.05. The number of benzene rings is 4. The van der Waals surface area contributed by atoms with Crippen LogP contribution < -0.4 is 10.6 Å². The lowest BCUT2D eigenvalue weighted by molar-refractivity contribution is -0.204. The van der Waals surface area contributed by atoms with Crippen LogP contribution in [-0.4, -0.2) is 75.7 Å². The van der Waals surface area contributed by atoms with Gasteiger partial charge in [0.25, 0.3) is 11.8 Å². The van der Waals surface area contributed by atoms with Crippen LogP contribution in [0.25, 0.3) is 43.6 Å². The highest BCUT2D eigenvalue weighted by molar-refractivity contribution is 6.39. The number of imide groups is 1. The molecular formula is C40H35N5O7. The summed E-state index contributed by atoms with van der Waals surface area (Å²) in [5.41, 5.74) is 0.822. The molecule has 1 saturated heterocycles. The van der Waals surface area contributed by atoms with Crippen molar-refractivity contribution in [1.82, 2.24) is 19.4 Å². The number of hydrogen-bond acceptors (Lipinski definition) is 8. The predicted octanol–water partition coefficient (Wildman–Crippen LogP) is 4.96. The summed E-state index contributed by atoms with van der Waals surface area (Å²) >= 11 is 0. The second-order valence-electron chi connectivity index (χ2n) is 14.1. The Morgan fingerprint density at radius 1 is 0.981 bits per heavy atom. The molecule has 3 aliphatic rings. The molecule has 0 radical (unpaired) electrons. The molecule has 2 bridgehead atoms. The number of fused-ring (bicyclic) bond motifs is 13. The fourth-order valence-corrected chi connectivity index (χ4v) is 8.38. The lowest BCUT2D eigenvalue weighted by Gasteiger charge is -2.37. The van der Waals surface area contributed by atoms with E-state index in [0.29, 0.717) is 56.9 Å². The first kappa shape index (κ1) is 32.1. The summed E-state index contributed by atoms with van der Waals surface area (Å²) in [6, 6.07) is 22.3. The van der Waals surface area contributed by atoms with E-state index in [4.69, 9.17) is 9.47 Å². The Morgan fingerprint density at radius 2 is 1.65 bits per heavy atom. The minimum Gasteiger partial charge on any atom is -0.463 e. The van der Waals surface area contributed by atoms with Gasteiger partial charge in [-0.2, -0.15) is 0 Å². The molecule has 5 heterocycles. The molecule has 262 valence electrons. The Labute approximate surface area is 297 Å². The largest absolute Gasteiger partial charge is 0.463 e. The van der Waals surface area contributed by atoms with Crippen LogP contribution in [0, 0.1) is 0 Å². The number of para-hydroxylation sites is 2. The lowest BCUT2D eigenvalue weighted by atomic mass is 9.88. The van der Waals surface area contributed by atoms with Crippen molar-refractivity contribution in [3.63, 3.8) is 0 Å². The molecule has 1 fully saturated rings. The number of carbonyl (C=O) groups is 4. The van der Waals surface area contributed by atoms with Crippen LogP contribution in [0.1, 0.15) is 45.9 Å². The van der Waals surface area contributed by atoms with E-state index in [2.05, 4.69) is 10.6 Å². The fourth-order valence-electron chi connectivity index (χ4n) is 8.38. The summed E-state index contributed by atoms with van der Waals surface area (Å²) in [4.78, 5) is 55.6. The van der Waals surface area contributed by atoms with Crippen molar-refractivity contribution in [3.8, 4) is 0 Å². The van der Waals surface area contributed by atoms with Crippen LogP contribution in [0.5, 0.6) is 0 Å². The number of nitrogens with zero attached hydrogens (tertiary/aromatic N) is 3. The smallest absolute Gasteiger partial charge is 0.343 e. The van der Waals surface area contributed by atoms with E-state index in [9.17, 15) is 24.3 Å². The number of aliphatic hydroxyl groups is 1. The molecule has 12 heteroatoms. The average molecular weight is 698 g/mol. The maximum atomic E-state index is 14.2. The maximum Gasteiger partial charge on any atom is 0.343 e. The van der Waals surface area contributed by atoms with Gasteiger partial charge >= 0.3 is 5.97 Å². The third-order valence-corrected chi connectivity index (χ3v) is 10.7. The first-order valence-corrected chi connectivity index (χ1v) is 17.2. The van der Waals surface area contributed by atoms with E-state index in [-0.39, 0.29) is 24.5 Å². The zero-order valence-electron chi connectivity index (χ0n) is 28.7. The Hall–Kier alpha value is -5.82. The molecule has 6 aromatic rings. The quantitative estimate of drug-likeness (QED) is 0.115. The molecule has 3 N–H and O–H groups in total. The summed E-state index contributed by atoms with van der Waals surface area (Å²) < 4.78 is 16.5. The van der Waals surface area contributed by atoms with Crippen molar-refractivity contribution in [2.75, 3.05) is 32.6 Å². The molecule has 12 nitrogen and oxygen atoms in total. The van der Waals surface area contributed by atoms with Gasteiger partial charge in [0.05, 0.1) is 39.8 Å². The van der Waals surface area contributed by atoms with E-state index in [0.717, 1.165) is 16.5 Å². The lowest BCUT2D eigenvalue weighted by Crippen LogP contribution is -2.56. The first-order chi connectivity index (χ1) is 25.0. The topological polar surface area (TPSA) is 144 Å². The van der Waals surface area contributed by atoms with Crippen molar-refractivity contribution in [3.05, 3.63) is 102 Å². The third kappa shape index (κ3) is 4.38. The molecule has 4 aromatic carbocycles. The summed E-state index contributed by atoms with van der Waals surface area (Å²) in [7, 11) is 3.84. The molecule has 3 aliphatic heterocycles. The maximum absolute atomic E-state index is 14.2. The average Bonchev–Trinajstić information content (AvgIpc) is 3.79. The summed E-state index contributed by atoms with van der Waals surface area (Å²) in [6.07, 6.45) is 2.65. The Morgan fingerprint density at radius 3 is 2.38 bits per heavy atom. The predicted molar refractivity (Wildman–Crippen MR) is 195 cm³/mol. The molecule has 3 atom stereocenters. The third-order valence-electron chi connectivity index (χ3n) is 10.7. The molecule has 9 rings (SSSR count). The van der Waals surface area contributed by atoms with Gasteiger partial charge in [-0.3, -0.25) is 19.7 Å². The number of ether oxygens (including phenoxy) is 2. The molecule has 3 amide bonds. The second kappa shape index (κ2) is 11.3. The fraction of sp³-hybridized carbons (Fsp3) is 0.250. The van der Waals surface area contributed by atoms with Gasteiger partial charge in [0.2, 0.25) is 11.5 Å². The molecule has 0 spiro atoms. The van der Waals surface area contributed by atoms with E-state index >= 15 is 0 Å². The molecular weight excluding hydrogens is 662 g/mol. The second-order valence-corrected chi connectivity index (χ2v) is 14.1. The van der Waals surface area contributed by atoms with Crippen LogP contribution >= 0.6 is 0 Å². The number of rotatable bonds is 8. The number of esters is 1. The Kier molecular flexibility index (Phi) is 7.00. The van der Waals surface area contributed by atoms with Gasteiger partial charge in [-0.05, 0) is 50.8 Å². The van der Waals surface area contributed by atoms with Gasteiger partial charge in [-0.1, -0.05) is 54.6 Å². The normalized spacial score (nSPS) is 22.0. The van der Waals surface area contributed by atoms with Crippen molar-refractivity contribution in [2.24, 2.45) is 0 Å². The number of aromatic nitrogens is 2. The van der Waals surface area contributed by atoms with E-state index in [1.807, 2.05) is 94.9 Å². The number of hydrogen-bond donors (Lipinski definition) is 3. The van der Waals surface area contributed by atoms with E-state index in [1.54, 1.807) is 19.1 Å². The minimum absolute atomic E-state index is 0.0348. The van der Waals surface area contributed by atoms with E-state index < -0.39 is 35.3 Å². The number of nitrogens with one attached hydrogen (secondary N) is 2. The number of anilines is 1. The highest BCUT2D eigenvalue weighted by atomic mass is 16.6. The van der Waals surface area contributed by atoms with Crippen molar-refractivity contribution < 1.29 is 33.8 Å². The van der Waals surface area contributed by atoms with Crippen LogP contribution in [0.3, 0.4) is 0 Å². The van der Waals surface area contributed by atoms with Gasteiger partial charge in [-0.15, -0.1) is 0 Å². The molecule has 1 unspecified atom stereocenters. The Bertz CT molecular complexity index is 2600. The summed E-state index contributed by atoms with van der Waals surface area (Å²) in [5, 5.41) is 20.6. The molecule has 0 saturated carbocycles. The minimum atomic E-state index is -2.16. The van der Waals surface area contributed by atoms with Crippen LogP contribution in [0.2, 0.25) is 0 Å². The van der Waals surface area contributed by atoms with Gasteiger partial charge in [0.15, 0.2) is 5.72 Å². The molecule has 0 aliphatic carbocycles. The first-order valence-electron chi connectivity index (χ1n) is 17.2. The number of amides is 3. The monoisotopic (exact) mass is 697 g/mol. The highest BCUT2D eigenvalue weighted by Crippen LogP contribution is 2.57. The Balaban J connectivity index is 1.11. The van der Waals surface area contributed by atoms with Crippen molar-refractivity contribution >= 4 is 73.0 Å². The SMILES string of the molecule is CN(C)C/C=C/C(=O)Nc1cccc(CCOC(=O)[C@@]2(O)CC3O[C@]2(C)n2c4ccccc4c4c5c(c6c7ccccc7n3c6c42)C(=O)NC5=O)c1. The highest BCUT2D eigenvalue weighted by Gasteiger charge is 2.66. The van der Waals surface area contributed by atoms with Gasteiger partial charge in [0, 0.05) is 52.7 Å². The standard InChI is InChI=1S/C40H35N5O7/c1-39-40(50,38(49)51-19-17-22-10-8-11-23(20-22)41-28(46)16-9-18-43(2)3)21-29(52-39)44-26-14-6-4-12-24(26)30-32-33(37(48)42-36(32)47)31-25-13-5-7-15-27(25)45(39)35(31)34(30)44/h4-16,20,29,50H,17-19,21H2,1-3H3,(H,41,46)(H,42,47,48)/b16-9+/t29?,39-,40-/m0/s1. The molecule has 2 aromatic heterocycles. The number of carbonyl (C=O) groups excluding carboxylic acids is 4. The number of likely N-dealkylation sites (N-methyl/N-ethyl adjacent to an activating group) is 1. The zero-order valence-corrected chi connectivity index (χ0v) is 28.7. The van der Waals surface area contributed by atoms with Crippen LogP contribution in [0.4, 0.5) is 5.69 Å². The van der Waals surface area contributed by atoms with Crippen molar-refractivity contribution in [2.45, 2.75) is 37.3 Å². The molecule has 52 heavy (non-hydrogen) atoms. The van der Waals surface area contributed by atoms with Gasteiger partial charge < -0.3 is 33.9 Å². The van der Waals surface area contributed by atoms with Gasteiger partial charge in [0.1, 0.15) is 6.23 Å². The van der Waals surface area contributed by atoms with Crippen LogP contribution in [0.15, 0.2) is 84.9 Å². The van der Waals surface area contributed by atoms with Crippen LogP contribution in [-0.2, 0) is 31.2 Å². The van der Waals surface area contributed by atoms with Crippen molar-refractivity contribution in [1.29, 1.82) is 0 Å².